The summed E-state index contributed by atoms with van der Waals surface area (Å²) in [6.45, 7) is -0.872. The second-order valence-corrected chi connectivity index (χ2v) is 11.2. The molecular weight excluding hydrogens is 550 g/mol. The van der Waals surface area contributed by atoms with Crippen LogP contribution in [0.4, 0.5) is 36.8 Å². The number of rotatable bonds is 7. The van der Waals surface area contributed by atoms with Crippen molar-refractivity contribution in [3.05, 3.63) is 95.1 Å². The maximum atomic E-state index is 13.2. The summed E-state index contributed by atoms with van der Waals surface area (Å²) in [6.07, 6.45) is -8.94. The van der Waals surface area contributed by atoms with Gasteiger partial charge in [0.15, 0.2) is 9.84 Å². The maximum Gasteiger partial charge on any atom is 0.416 e. The summed E-state index contributed by atoms with van der Waals surface area (Å²) in [6, 6.07) is 14.8. The second kappa shape index (κ2) is 10.2. The molecule has 0 spiro atoms. The van der Waals surface area contributed by atoms with Crippen LogP contribution < -0.4 is 10.2 Å². The van der Waals surface area contributed by atoms with Gasteiger partial charge in [-0.1, -0.05) is 30.3 Å². The predicted molar refractivity (Wildman–Crippen MR) is 130 cm³/mol. The number of hydrogen-bond acceptors (Lipinski definition) is 4. The largest absolute Gasteiger partial charge is 0.416 e. The van der Waals surface area contributed by atoms with Gasteiger partial charge in [-0.3, -0.25) is 4.90 Å². The molecule has 2 amide bonds. The molecule has 0 aliphatic carbocycles. The Morgan fingerprint density at radius 2 is 1.46 bits per heavy atom. The highest BCUT2D eigenvalue weighted by Gasteiger charge is 2.45. The standard InChI is InChI=1S/C26H22F6N2O4S/c1-39(36,37)22-9-7-21(8-10-22)34-15-24(33-23(34)35,18-5-3-2-4-6-18)16-38-14-17-11-19(25(27,28)29)13-20(12-17)26(30,31)32/h2-13H,14-16H2,1H3,(H,33,35)/t24-/m1/s1. The number of hydrogen-bond donors (Lipinski definition) is 1. The van der Waals surface area contributed by atoms with Crippen LogP contribution in [0, 0.1) is 0 Å². The fraction of sp³-hybridized carbons (Fsp3) is 0.269. The fourth-order valence-electron chi connectivity index (χ4n) is 4.27. The molecule has 3 aromatic rings. The van der Waals surface area contributed by atoms with Crippen LogP contribution in [0.3, 0.4) is 0 Å². The summed E-state index contributed by atoms with van der Waals surface area (Å²) in [5, 5.41) is 2.82. The number of nitrogens with one attached hydrogen (secondary N) is 1. The van der Waals surface area contributed by atoms with E-state index >= 15 is 0 Å². The van der Waals surface area contributed by atoms with Crippen LogP contribution in [0.2, 0.25) is 0 Å². The van der Waals surface area contributed by atoms with E-state index in [4.69, 9.17) is 4.74 Å². The highest BCUT2D eigenvalue weighted by Crippen LogP contribution is 2.37. The molecule has 13 heteroatoms. The molecule has 39 heavy (non-hydrogen) atoms. The van der Waals surface area contributed by atoms with E-state index in [0.717, 1.165) is 6.26 Å². The van der Waals surface area contributed by atoms with Crippen molar-refractivity contribution in [2.45, 2.75) is 29.4 Å². The van der Waals surface area contributed by atoms with Gasteiger partial charge in [0.1, 0.15) is 5.54 Å². The molecule has 1 heterocycles. The molecule has 0 aromatic heterocycles. The van der Waals surface area contributed by atoms with Gasteiger partial charge in [-0.25, -0.2) is 13.2 Å². The Labute approximate surface area is 220 Å². The van der Waals surface area contributed by atoms with Crippen LogP contribution in [-0.2, 0) is 39.1 Å². The number of halogens is 6. The van der Waals surface area contributed by atoms with Gasteiger partial charge in [-0.15, -0.1) is 0 Å². The van der Waals surface area contributed by atoms with Gasteiger partial charge in [0.2, 0.25) is 0 Å². The Kier molecular flexibility index (Phi) is 7.43. The number of alkyl halides is 6. The minimum absolute atomic E-state index is 0.00946. The number of urea groups is 1. The summed E-state index contributed by atoms with van der Waals surface area (Å²) >= 11 is 0. The molecule has 3 aromatic carbocycles. The van der Waals surface area contributed by atoms with Gasteiger partial charge in [0.25, 0.3) is 0 Å². The first-order chi connectivity index (χ1) is 18.1. The van der Waals surface area contributed by atoms with Crippen LogP contribution in [0.25, 0.3) is 0 Å². The van der Waals surface area contributed by atoms with Crippen LogP contribution >= 0.6 is 0 Å². The zero-order chi connectivity index (χ0) is 28.6. The van der Waals surface area contributed by atoms with Gasteiger partial charge in [-0.05, 0) is 53.6 Å². The van der Waals surface area contributed by atoms with Crippen molar-refractivity contribution >= 4 is 21.6 Å². The minimum atomic E-state index is -4.99. The molecule has 4 rings (SSSR count). The molecular formula is C26H22F6N2O4S. The monoisotopic (exact) mass is 572 g/mol. The number of ether oxygens (including phenoxy) is 1. The molecule has 1 aliphatic heterocycles. The van der Waals surface area contributed by atoms with Gasteiger partial charge in [0.05, 0.1) is 35.8 Å². The van der Waals surface area contributed by atoms with E-state index in [1.807, 2.05) is 0 Å². The first-order valence-electron chi connectivity index (χ1n) is 11.4. The third-order valence-electron chi connectivity index (χ3n) is 6.19. The first-order valence-corrected chi connectivity index (χ1v) is 13.3. The third kappa shape index (κ3) is 6.36. The highest BCUT2D eigenvalue weighted by molar-refractivity contribution is 7.90. The molecule has 208 valence electrons. The third-order valence-corrected chi connectivity index (χ3v) is 7.32. The van der Waals surface area contributed by atoms with Crippen molar-refractivity contribution in [1.82, 2.24) is 5.32 Å². The molecule has 0 bridgehead atoms. The number of nitrogens with zero attached hydrogens (tertiary/aromatic N) is 1. The van der Waals surface area contributed by atoms with Crippen molar-refractivity contribution in [2.75, 3.05) is 24.3 Å². The summed E-state index contributed by atoms with van der Waals surface area (Å²) < 4.78 is 109. The number of amides is 2. The zero-order valence-corrected chi connectivity index (χ0v) is 21.1. The summed E-state index contributed by atoms with van der Waals surface area (Å²) in [4.78, 5) is 14.4. The van der Waals surface area contributed by atoms with Crippen molar-refractivity contribution in [3.8, 4) is 0 Å². The summed E-state index contributed by atoms with van der Waals surface area (Å²) in [5.41, 5.74) is -3.47. The molecule has 1 N–H and O–H groups in total. The van der Waals surface area contributed by atoms with E-state index < -0.39 is 51.5 Å². The minimum Gasteiger partial charge on any atom is -0.374 e. The van der Waals surface area contributed by atoms with E-state index in [1.165, 1.54) is 29.2 Å². The topological polar surface area (TPSA) is 75.7 Å². The Hall–Kier alpha value is -3.58. The molecule has 1 aliphatic rings. The molecule has 0 saturated carbocycles. The number of carbonyl (C=O) groups is 1. The van der Waals surface area contributed by atoms with Gasteiger partial charge in [-0.2, -0.15) is 26.3 Å². The van der Waals surface area contributed by atoms with Gasteiger partial charge >= 0.3 is 18.4 Å². The van der Waals surface area contributed by atoms with E-state index in [0.29, 0.717) is 23.4 Å². The van der Waals surface area contributed by atoms with Gasteiger partial charge in [0, 0.05) is 11.9 Å². The summed E-state index contributed by atoms with van der Waals surface area (Å²) in [5.74, 6) is 0. The average molecular weight is 573 g/mol. The second-order valence-electron chi connectivity index (χ2n) is 9.14. The van der Waals surface area contributed by atoms with Crippen molar-refractivity contribution < 1.29 is 44.3 Å². The molecule has 6 nitrogen and oxygen atoms in total. The lowest BCUT2D eigenvalue weighted by atomic mass is 9.91. The quantitative estimate of drug-likeness (QED) is 0.365. The van der Waals surface area contributed by atoms with Crippen LogP contribution in [0.1, 0.15) is 22.3 Å². The Morgan fingerprint density at radius 3 is 1.97 bits per heavy atom. The number of benzene rings is 3. The smallest absolute Gasteiger partial charge is 0.374 e. The van der Waals surface area contributed by atoms with Crippen LogP contribution in [0.15, 0.2) is 77.7 Å². The Balaban J connectivity index is 1.60. The van der Waals surface area contributed by atoms with E-state index in [9.17, 15) is 39.6 Å². The lowest BCUT2D eigenvalue weighted by Crippen LogP contribution is -2.44. The maximum absolute atomic E-state index is 13.2. The normalized spacial score (nSPS) is 18.3. The van der Waals surface area contributed by atoms with Crippen LogP contribution in [0.5, 0.6) is 0 Å². The molecule has 1 saturated heterocycles. The van der Waals surface area contributed by atoms with Gasteiger partial charge < -0.3 is 10.1 Å². The van der Waals surface area contributed by atoms with E-state index in [-0.39, 0.29) is 29.7 Å². The Bertz CT molecular complexity index is 1430. The van der Waals surface area contributed by atoms with E-state index in [1.54, 1.807) is 30.3 Å². The lowest BCUT2D eigenvalue weighted by molar-refractivity contribution is -0.143. The SMILES string of the molecule is CS(=O)(=O)c1ccc(N2C[C@@](COCc3cc(C(F)(F)F)cc(C(F)(F)F)c3)(c3ccccc3)NC2=O)cc1. The fourth-order valence-corrected chi connectivity index (χ4v) is 4.90. The van der Waals surface area contributed by atoms with E-state index in [2.05, 4.69) is 5.32 Å². The van der Waals surface area contributed by atoms with Crippen molar-refractivity contribution in [3.63, 3.8) is 0 Å². The average Bonchev–Trinajstić information content (AvgIpc) is 3.20. The van der Waals surface area contributed by atoms with Crippen LogP contribution in [-0.4, -0.2) is 33.9 Å². The number of carbonyl (C=O) groups excluding carboxylic acids is 1. The number of anilines is 1. The lowest BCUT2D eigenvalue weighted by Gasteiger charge is -2.29. The number of sulfone groups is 1. The van der Waals surface area contributed by atoms with Crippen molar-refractivity contribution in [2.24, 2.45) is 0 Å². The van der Waals surface area contributed by atoms with Crippen molar-refractivity contribution in [1.29, 1.82) is 0 Å². The molecule has 1 atom stereocenters. The Morgan fingerprint density at radius 1 is 0.897 bits per heavy atom. The predicted octanol–water partition coefficient (Wildman–Crippen LogP) is 5.77. The highest BCUT2D eigenvalue weighted by atomic mass is 32.2. The zero-order valence-electron chi connectivity index (χ0n) is 20.3. The first kappa shape index (κ1) is 28.4. The molecule has 1 fully saturated rings. The molecule has 0 unspecified atom stereocenters. The molecule has 0 radical (unpaired) electrons. The summed E-state index contributed by atoms with van der Waals surface area (Å²) in [7, 11) is -3.47.